The molecule has 0 spiro atoms. The summed E-state index contributed by atoms with van der Waals surface area (Å²) >= 11 is 0. The molecule has 2 aromatic carbocycles. The molecule has 4 rings (SSSR count). The molecule has 2 aromatic rings. The maximum atomic E-state index is 12.4. The minimum absolute atomic E-state index is 0.0170. The van der Waals surface area contributed by atoms with E-state index in [0.29, 0.717) is 12.2 Å². The van der Waals surface area contributed by atoms with Crippen LogP contribution in [0.25, 0.3) is 0 Å². The predicted octanol–water partition coefficient (Wildman–Crippen LogP) is 2.80. The zero-order chi connectivity index (χ0) is 19.9. The van der Waals surface area contributed by atoms with Crippen molar-refractivity contribution in [2.45, 2.75) is 31.1 Å². The summed E-state index contributed by atoms with van der Waals surface area (Å²) in [6.07, 6.45) is 2.64. The molecule has 0 unspecified atom stereocenters. The first-order chi connectivity index (χ1) is 13.3. The average Bonchev–Trinajstić information content (AvgIpc) is 3.41. The van der Waals surface area contributed by atoms with E-state index in [4.69, 9.17) is 0 Å². The Balaban J connectivity index is 1.47. The molecule has 1 aliphatic carbocycles. The Bertz CT molecular complexity index is 1040. The van der Waals surface area contributed by atoms with Crippen LogP contribution >= 0.6 is 0 Å². The molecule has 3 amide bonds. The van der Waals surface area contributed by atoms with Crippen molar-refractivity contribution >= 4 is 33.3 Å². The van der Waals surface area contributed by atoms with Gasteiger partial charge in [0.15, 0.2) is 0 Å². The number of carbonyl (C=O) groups excluding carboxylic acids is 2. The van der Waals surface area contributed by atoms with Crippen LogP contribution in [0, 0.1) is 12.8 Å². The van der Waals surface area contributed by atoms with Crippen LogP contribution in [0.3, 0.4) is 0 Å². The van der Waals surface area contributed by atoms with Gasteiger partial charge in [0.25, 0.3) is 10.0 Å². The molecule has 7 nitrogen and oxygen atoms in total. The molecule has 146 valence electrons. The first-order valence-corrected chi connectivity index (χ1v) is 10.7. The molecule has 0 radical (unpaired) electrons. The molecule has 0 saturated heterocycles. The minimum Gasteiger partial charge on any atom is -0.312 e. The third-order valence-electron chi connectivity index (χ3n) is 4.99. The number of benzene rings is 2. The van der Waals surface area contributed by atoms with Gasteiger partial charge in [-0.1, -0.05) is 23.8 Å². The van der Waals surface area contributed by atoms with Crippen molar-refractivity contribution in [3.63, 3.8) is 0 Å². The molecule has 1 aliphatic heterocycles. The van der Waals surface area contributed by atoms with Crippen molar-refractivity contribution in [3.05, 3.63) is 53.6 Å². The fraction of sp³-hybridized carbons (Fsp3) is 0.300. The summed E-state index contributed by atoms with van der Waals surface area (Å²) in [5, 5.41) is 2.55. The number of sulfonamides is 1. The zero-order valence-electron chi connectivity index (χ0n) is 15.4. The summed E-state index contributed by atoms with van der Waals surface area (Å²) in [7, 11) is -3.96. The second-order valence-electron chi connectivity index (χ2n) is 7.23. The Morgan fingerprint density at radius 2 is 1.79 bits per heavy atom. The van der Waals surface area contributed by atoms with Crippen LogP contribution in [0.4, 0.5) is 16.2 Å². The quantitative estimate of drug-likeness (QED) is 0.826. The van der Waals surface area contributed by atoms with E-state index in [1.807, 2.05) is 17.7 Å². The van der Waals surface area contributed by atoms with Gasteiger partial charge in [-0.05, 0) is 56.0 Å². The molecule has 28 heavy (non-hydrogen) atoms. The van der Waals surface area contributed by atoms with Gasteiger partial charge in [-0.25, -0.2) is 17.9 Å². The molecule has 0 aromatic heterocycles. The molecule has 1 saturated carbocycles. The zero-order valence-corrected chi connectivity index (χ0v) is 16.3. The van der Waals surface area contributed by atoms with Gasteiger partial charge in [0.2, 0.25) is 5.91 Å². The van der Waals surface area contributed by atoms with Crippen LogP contribution in [0.5, 0.6) is 0 Å². The molecule has 2 N–H and O–H groups in total. The number of hydrogen-bond donors (Lipinski definition) is 2. The summed E-state index contributed by atoms with van der Waals surface area (Å²) in [6, 6.07) is 10.7. The molecule has 1 heterocycles. The number of hydrogen-bond acceptors (Lipinski definition) is 4. The lowest BCUT2D eigenvalue weighted by molar-refractivity contribution is -0.119. The second kappa shape index (κ2) is 6.94. The van der Waals surface area contributed by atoms with Crippen LogP contribution in [0.15, 0.2) is 47.4 Å². The average molecular weight is 399 g/mol. The molecular weight excluding hydrogens is 378 g/mol. The number of urea groups is 1. The standard InChI is InChI=1S/C20H21N3O4S/c1-13-2-8-17(9-3-13)28(26,27)22-20(25)21-16-7-6-14-10-11-23(18(14)12-16)19(24)15-4-5-15/h2-3,6-9,12,15H,4-5,10-11H2,1H3,(H2,21,22,25). The summed E-state index contributed by atoms with van der Waals surface area (Å²) < 4.78 is 26.7. The van der Waals surface area contributed by atoms with Crippen molar-refractivity contribution in [2.24, 2.45) is 5.92 Å². The Hall–Kier alpha value is -2.87. The van der Waals surface area contributed by atoms with E-state index in [2.05, 4.69) is 5.32 Å². The van der Waals surface area contributed by atoms with Gasteiger partial charge < -0.3 is 10.2 Å². The predicted molar refractivity (Wildman–Crippen MR) is 106 cm³/mol. The third-order valence-corrected chi connectivity index (χ3v) is 6.34. The van der Waals surface area contributed by atoms with E-state index in [1.165, 1.54) is 12.1 Å². The summed E-state index contributed by atoms with van der Waals surface area (Å²) in [5.74, 6) is 0.243. The van der Waals surface area contributed by atoms with E-state index >= 15 is 0 Å². The smallest absolute Gasteiger partial charge is 0.312 e. The van der Waals surface area contributed by atoms with Crippen LogP contribution in [0.2, 0.25) is 0 Å². The monoisotopic (exact) mass is 399 g/mol. The number of aryl methyl sites for hydroxylation is 1. The van der Waals surface area contributed by atoms with E-state index in [-0.39, 0.29) is 16.7 Å². The number of nitrogens with zero attached hydrogens (tertiary/aromatic N) is 1. The van der Waals surface area contributed by atoms with Crippen molar-refractivity contribution in [3.8, 4) is 0 Å². The largest absolute Gasteiger partial charge is 0.333 e. The van der Waals surface area contributed by atoms with Crippen molar-refractivity contribution in [1.82, 2.24) is 4.72 Å². The molecular formula is C20H21N3O4S. The van der Waals surface area contributed by atoms with Gasteiger partial charge in [-0.15, -0.1) is 0 Å². The molecule has 8 heteroatoms. The Morgan fingerprint density at radius 1 is 1.07 bits per heavy atom. The number of fused-ring (bicyclic) bond motifs is 1. The van der Waals surface area contributed by atoms with Gasteiger partial charge in [0.05, 0.1) is 4.90 Å². The summed E-state index contributed by atoms with van der Waals surface area (Å²) in [5.41, 5.74) is 3.20. The normalized spacial score (nSPS) is 15.8. The van der Waals surface area contributed by atoms with E-state index in [9.17, 15) is 18.0 Å². The van der Waals surface area contributed by atoms with E-state index in [1.54, 1.807) is 29.2 Å². The van der Waals surface area contributed by atoms with Crippen LogP contribution < -0.4 is 14.9 Å². The second-order valence-corrected chi connectivity index (χ2v) is 8.91. The number of rotatable bonds is 4. The fourth-order valence-electron chi connectivity index (χ4n) is 3.29. The maximum Gasteiger partial charge on any atom is 0.333 e. The lowest BCUT2D eigenvalue weighted by atomic mass is 10.1. The van der Waals surface area contributed by atoms with Crippen LogP contribution in [-0.4, -0.2) is 26.9 Å². The van der Waals surface area contributed by atoms with Gasteiger partial charge >= 0.3 is 6.03 Å². The summed E-state index contributed by atoms with van der Waals surface area (Å²) in [6.45, 7) is 2.49. The molecule has 1 fully saturated rings. The first-order valence-electron chi connectivity index (χ1n) is 9.18. The number of nitrogens with one attached hydrogen (secondary N) is 2. The number of carbonyl (C=O) groups is 2. The minimum atomic E-state index is -3.96. The van der Waals surface area contributed by atoms with Gasteiger partial charge in [-0.3, -0.25) is 4.79 Å². The third kappa shape index (κ3) is 3.73. The Labute approximate surface area is 163 Å². The van der Waals surface area contributed by atoms with Gasteiger partial charge in [0, 0.05) is 23.8 Å². The summed E-state index contributed by atoms with van der Waals surface area (Å²) in [4.78, 5) is 26.4. The lowest BCUT2D eigenvalue weighted by Crippen LogP contribution is -2.34. The topological polar surface area (TPSA) is 95.6 Å². The molecule has 0 bridgehead atoms. The number of anilines is 2. The van der Waals surface area contributed by atoms with E-state index in [0.717, 1.165) is 36.1 Å². The van der Waals surface area contributed by atoms with E-state index < -0.39 is 16.1 Å². The molecule has 2 aliphatic rings. The lowest BCUT2D eigenvalue weighted by Gasteiger charge is -2.18. The van der Waals surface area contributed by atoms with Crippen molar-refractivity contribution < 1.29 is 18.0 Å². The highest BCUT2D eigenvalue weighted by Crippen LogP contribution is 2.37. The van der Waals surface area contributed by atoms with Crippen LogP contribution in [0.1, 0.15) is 24.0 Å². The van der Waals surface area contributed by atoms with Gasteiger partial charge in [-0.2, -0.15) is 0 Å². The van der Waals surface area contributed by atoms with Crippen molar-refractivity contribution in [2.75, 3.05) is 16.8 Å². The highest BCUT2D eigenvalue weighted by Gasteiger charge is 2.36. The first kappa shape index (κ1) is 18.5. The van der Waals surface area contributed by atoms with Crippen molar-refractivity contribution in [1.29, 1.82) is 0 Å². The Morgan fingerprint density at radius 3 is 2.46 bits per heavy atom. The highest BCUT2D eigenvalue weighted by atomic mass is 32.2. The molecule has 0 atom stereocenters. The van der Waals surface area contributed by atoms with Gasteiger partial charge in [0.1, 0.15) is 0 Å². The highest BCUT2D eigenvalue weighted by molar-refractivity contribution is 7.90. The fourth-order valence-corrected chi connectivity index (χ4v) is 4.20. The number of amides is 3. The maximum absolute atomic E-state index is 12.4. The SMILES string of the molecule is Cc1ccc(S(=O)(=O)NC(=O)Nc2ccc3c(c2)N(C(=O)C2CC2)CC3)cc1. The van der Waals surface area contributed by atoms with Crippen LogP contribution in [-0.2, 0) is 21.2 Å². The Kier molecular flexibility index (Phi) is 4.58.